The van der Waals surface area contributed by atoms with Crippen molar-refractivity contribution in [1.82, 2.24) is 19.3 Å². The highest BCUT2D eigenvalue weighted by atomic mass is 32.2. The molecule has 3 aromatic rings. The first-order valence-corrected chi connectivity index (χ1v) is 11.9. The SMILES string of the molecule is Cc1noc(C)c1S(=O)(=O)N1CCCN(C(C)C(=O)c2c(C)[nH]c3ccccc23)CC1. The monoisotopic (exact) mass is 444 g/mol. The first kappa shape index (κ1) is 21.7. The van der Waals surface area contributed by atoms with Gasteiger partial charge in [-0.05, 0) is 40.2 Å². The Kier molecular flexibility index (Phi) is 5.76. The number of carbonyl (C=O) groups excluding carboxylic acids is 1. The van der Waals surface area contributed by atoms with Gasteiger partial charge in [-0.25, -0.2) is 8.42 Å². The summed E-state index contributed by atoms with van der Waals surface area (Å²) in [7, 11) is -3.69. The maximum absolute atomic E-state index is 13.4. The molecule has 31 heavy (non-hydrogen) atoms. The number of sulfonamides is 1. The van der Waals surface area contributed by atoms with E-state index in [1.165, 1.54) is 4.31 Å². The summed E-state index contributed by atoms with van der Waals surface area (Å²) in [6, 6.07) is 7.45. The van der Waals surface area contributed by atoms with Gasteiger partial charge in [0.25, 0.3) is 0 Å². The Bertz CT molecular complexity index is 1210. The summed E-state index contributed by atoms with van der Waals surface area (Å²) in [4.78, 5) is 18.9. The number of aromatic amines is 1. The second-order valence-electron chi connectivity index (χ2n) is 8.16. The number of benzene rings is 1. The second kappa shape index (κ2) is 8.22. The number of nitrogens with one attached hydrogen (secondary N) is 1. The summed E-state index contributed by atoms with van der Waals surface area (Å²) in [5, 5.41) is 4.72. The van der Waals surface area contributed by atoms with Crippen molar-refractivity contribution in [3.05, 3.63) is 47.0 Å². The minimum Gasteiger partial charge on any atom is -0.360 e. The van der Waals surface area contributed by atoms with Gasteiger partial charge in [-0.2, -0.15) is 4.31 Å². The van der Waals surface area contributed by atoms with Crippen molar-refractivity contribution < 1.29 is 17.7 Å². The fourth-order valence-corrected chi connectivity index (χ4v) is 6.24. The number of fused-ring (bicyclic) bond motifs is 1. The molecule has 0 aliphatic carbocycles. The van der Waals surface area contributed by atoms with Gasteiger partial charge in [-0.1, -0.05) is 23.4 Å². The lowest BCUT2D eigenvalue weighted by Crippen LogP contribution is -2.42. The number of hydrogen-bond donors (Lipinski definition) is 1. The number of aromatic nitrogens is 2. The van der Waals surface area contributed by atoms with Crippen molar-refractivity contribution in [2.45, 2.75) is 45.1 Å². The molecule has 1 aliphatic rings. The van der Waals surface area contributed by atoms with Crippen molar-refractivity contribution in [2.24, 2.45) is 0 Å². The number of nitrogens with zero attached hydrogens (tertiary/aromatic N) is 3. The van der Waals surface area contributed by atoms with Crippen LogP contribution in [0.4, 0.5) is 0 Å². The molecular weight excluding hydrogens is 416 g/mol. The van der Waals surface area contributed by atoms with Crippen LogP contribution in [0, 0.1) is 20.8 Å². The van der Waals surface area contributed by atoms with E-state index in [1.807, 2.05) is 38.1 Å². The molecule has 0 saturated carbocycles. The number of ketones is 1. The molecule has 0 amide bonds. The second-order valence-corrected chi connectivity index (χ2v) is 10.0. The van der Waals surface area contributed by atoms with Crippen LogP contribution in [-0.2, 0) is 10.0 Å². The minimum atomic E-state index is -3.69. The van der Waals surface area contributed by atoms with E-state index >= 15 is 0 Å². The smallest absolute Gasteiger partial charge is 0.248 e. The predicted octanol–water partition coefficient (Wildman–Crippen LogP) is 3.05. The van der Waals surface area contributed by atoms with Crippen LogP contribution in [0.5, 0.6) is 0 Å². The Morgan fingerprint density at radius 1 is 1.13 bits per heavy atom. The number of H-pyrrole nitrogens is 1. The molecule has 1 N–H and O–H groups in total. The minimum absolute atomic E-state index is 0.0528. The van der Waals surface area contributed by atoms with Crippen LogP contribution in [0.3, 0.4) is 0 Å². The van der Waals surface area contributed by atoms with Gasteiger partial charge in [0, 0.05) is 48.3 Å². The Labute approximate surface area is 182 Å². The van der Waals surface area contributed by atoms with E-state index in [2.05, 4.69) is 15.0 Å². The third-order valence-electron chi connectivity index (χ3n) is 6.12. The third-order valence-corrected chi connectivity index (χ3v) is 8.27. The molecule has 1 fully saturated rings. The van der Waals surface area contributed by atoms with Crippen LogP contribution in [0.25, 0.3) is 10.9 Å². The van der Waals surface area contributed by atoms with Crippen LogP contribution in [0.2, 0.25) is 0 Å². The van der Waals surface area contributed by atoms with Gasteiger partial charge in [0.15, 0.2) is 11.5 Å². The van der Waals surface area contributed by atoms with E-state index in [0.717, 1.165) is 16.6 Å². The topological polar surface area (TPSA) is 99.5 Å². The van der Waals surface area contributed by atoms with Gasteiger partial charge in [0.05, 0.1) is 6.04 Å². The Hall–Kier alpha value is -2.49. The third kappa shape index (κ3) is 3.81. The molecule has 0 spiro atoms. The summed E-state index contributed by atoms with van der Waals surface area (Å²) in [5.41, 5.74) is 2.89. The quantitative estimate of drug-likeness (QED) is 0.607. The van der Waals surface area contributed by atoms with Crippen molar-refractivity contribution in [2.75, 3.05) is 26.2 Å². The highest BCUT2D eigenvalue weighted by molar-refractivity contribution is 7.89. The zero-order valence-electron chi connectivity index (χ0n) is 18.3. The molecule has 166 valence electrons. The number of para-hydroxylation sites is 1. The van der Waals surface area contributed by atoms with Crippen molar-refractivity contribution in [3.63, 3.8) is 0 Å². The first-order chi connectivity index (χ1) is 14.7. The normalized spacial score (nSPS) is 17.7. The molecule has 8 nitrogen and oxygen atoms in total. The standard InChI is InChI=1S/C22H28N4O4S/c1-14-20(18-8-5-6-9-19(18)23-14)21(27)16(3)25-10-7-11-26(13-12-25)31(28,29)22-15(2)24-30-17(22)4/h5-6,8-9,16,23H,7,10-13H2,1-4H3. The van der Waals surface area contributed by atoms with E-state index in [0.29, 0.717) is 49.6 Å². The van der Waals surface area contributed by atoms with Crippen molar-refractivity contribution >= 4 is 26.7 Å². The highest BCUT2D eigenvalue weighted by Gasteiger charge is 2.34. The number of hydrogen-bond acceptors (Lipinski definition) is 6. The average Bonchev–Trinajstić information content (AvgIpc) is 3.12. The van der Waals surface area contributed by atoms with Crippen LogP contribution < -0.4 is 0 Å². The van der Waals surface area contributed by atoms with Gasteiger partial charge < -0.3 is 9.51 Å². The lowest BCUT2D eigenvalue weighted by atomic mass is 10.0. The van der Waals surface area contributed by atoms with Gasteiger partial charge >= 0.3 is 0 Å². The van der Waals surface area contributed by atoms with Crippen LogP contribution >= 0.6 is 0 Å². The van der Waals surface area contributed by atoms with E-state index < -0.39 is 10.0 Å². The molecule has 1 unspecified atom stereocenters. The number of carbonyl (C=O) groups is 1. The molecule has 9 heteroatoms. The van der Waals surface area contributed by atoms with Gasteiger partial charge in [-0.15, -0.1) is 0 Å². The van der Waals surface area contributed by atoms with Crippen LogP contribution in [0.15, 0.2) is 33.7 Å². The van der Waals surface area contributed by atoms with Gasteiger partial charge in [0.2, 0.25) is 10.0 Å². The molecule has 1 saturated heterocycles. The summed E-state index contributed by atoms with van der Waals surface area (Å²) >= 11 is 0. The van der Waals surface area contributed by atoms with Gasteiger partial charge in [0.1, 0.15) is 10.6 Å². The van der Waals surface area contributed by atoms with Crippen molar-refractivity contribution in [1.29, 1.82) is 0 Å². The number of aryl methyl sites for hydroxylation is 3. The zero-order chi connectivity index (χ0) is 22.3. The van der Waals surface area contributed by atoms with Gasteiger partial charge in [-0.3, -0.25) is 9.69 Å². The largest absolute Gasteiger partial charge is 0.360 e. The Balaban J connectivity index is 1.53. The summed E-state index contributed by atoms with van der Waals surface area (Å²) in [6.07, 6.45) is 0.646. The Morgan fingerprint density at radius 2 is 1.87 bits per heavy atom. The van der Waals surface area contributed by atoms with Crippen LogP contribution in [-0.4, -0.2) is 65.8 Å². The van der Waals surface area contributed by atoms with E-state index in [4.69, 9.17) is 4.52 Å². The van der Waals surface area contributed by atoms with E-state index in [9.17, 15) is 13.2 Å². The van der Waals surface area contributed by atoms with Crippen LogP contribution in [0.1, 0.15) is 40.9 Å². The molecular formula is C22H28N4O4S. The molecule has 1 aromatic carbocycles. The maximum atomic E-state index is 13.4. The summed E-state index contributed by atoms with van der Waals surface area (Å²) in [5.74, 6) is 0.356. The van der Waals surface area contributed by atoms with E-state index in [1.54, 1.807) is 13.8 Å². The maximum Gasteiger partial charge on any atom is 0.248 e. The predicted molar refractivity (Wildman–Crippen MR) is 118 cm³/mol. The fraction of sp³-hybridized carbons (Fsp3) is 0.455. The molecule has 1 aliphatic heterocycles. The highest BCUT2D eigenvalue weighted by Crippen LogP contribution is 2.27. The zero-order valence-corrected chi connectivity index (χ0v) is 19.1. The lowest BCUT2D eigenvalue weighted by Gasteiger charge is -2.27. The lowest BCUT2D eigenvalue weighted by molar-refractivity contribution is 0.0846. The molecule has 3 heterocycles. The van der Waals surface area contributed by atoms with E-state index in [-0.39, 0.29) is 16.7 Å². The molecule has 1 atom stereocenters. The summed E-state index contributed by atoms with van der Waals surface area (Å²) in [6.45, 7) is 8.92. The molecule has 2 aromatic heterocycles. The number of Topliss-reactive ketones (excluding diaryl/α,β-unsaturated/α-hetero) is 1. The number of rotatable bonds is 5. The first-order valence-electron chi connectivity index (χ1n) is 10.5. The molecule has 4 rings (SSSR count). The fourth-order valence-electron chi connectivity index (χ4n) is 4.48. The summed E-state index contributed by atoms with van der Waals surface area (Å²) < 4.78 is 32.9. The average molecular weight is 445 g/mol. The molecule has 0 bridgehead atoms. The Morgan fingerprint density at radius 3 is 2.58 bits per heavy atom. The molecule has 0 radical (unpaired) electrons. The van der Waals surface area contributed by atoms with Crippen molar-refractivity contribution in [3.8, 4) is 0 Å².